The number of ether oxygens (including phenoxy) is 1. The van der Waals surface area contributed by atoms with E-state index in [9.17, 15) is 10.1 Å². The van der Waals surface area contributed by atoms with Crippen LogP contribution >= 0.6 is 38.5 Å². The zero-order chi connectivity index (χ0) is 16.8. The molecule has 9 heteroatoms. The molecular formula is C14H12BrIN4O3. The summed E-state index contributed by atoms with van der Waals surface area (Å²) in [6.07, 6.45) is 2.81. The quantitative estimate of drug-likeness (QED) is 0.283. The van der Waals surface area contributed by atoms with E-state index in [2.05, 4.69) is 54.0 Å². The van der Waals surface area contributed by atoms with Crippen LogP contribution in [0.3, 0.4) is 0 Å². The number of rotatable bonds is 6. The number of pyridine rings is 1. The van der Waals surface area contributed by atoms with Crippen molar-refractivity contribution >= 4 is 56.2 Å². The summed E-state index contributed by atoms with van der Waals surface area (Å²) in [5.74, 6) is 1.22. The monoisotopic (exact) mass is 490 g/mol. The smallest absolute Gasteiger partial charge is 0.287 e. The lowest BCUT2D eigenvalue weighted by Crippen LogP contribution is -1.98. The first-order valence-corrected chi connectivity index (χ1v) is 8.39. The van der Waals surface area contributed by atoms with E-state index in [1.54, 1.807) is 6.21 Å². The Labute approximate surface area is 154 Å². The number of hydrogen-bond acceptors (Lipinski definition) is 6. The molecule has 2 aromatic rings. The second kappa shape index (κ2) is 8.20. The number of nitrogens with one attached hydrogen (secondary N) is 1. The summed E-state index contributed by atoms with van der Waals surface area (Å²) in [6.45, 7) is 2.52. The van der Waals surface area contributed by atoms with E-state index in [-0.39, 0.29) is 5.69 Å². The van der Waals surface area contributed by atoms with E-state index in [1.807, 2.05) is 19.1 Å². The summed E-state index contributed by atoms with van der Waals surface area (Å²) in [4.78, 5) is 14.0. The van der Waals surface area contributed by atoms with E-state index in [0.29, 0.717) is 12.4 Å². The first kappa shape index (κ1) is 17.6. The van der Waals surface area contributed by atoms with Crippen molar-refractivity contribution in [3.63, 3.8) is 0 Å². The number of nitrogens with zero attached hydrogens (tertiary/aromatic N) is 3. The lowest BCUT2D eigenvalue weighted by atomic mass is 10.2. The van der Waals surface area contributed by atoms with Crippen molar-refractivity contribution in [2.24, 2.45) is 5.10 Å². The predicted molar refractivity (Wildman–Crippen MR) is 100 cm³/mol. The van der Waals surface area contributed by atoms with Crippen molar-refractivity contribution in [3.8, 4) is 5.75 Å². The van der Waals surface area contributed by atoms with E-state index >= 15 is 0 Å². The van der Waals surface area contributed by atoms with Gasteiger partial charge in [-0.15, -0.1) is 0 Å². The first-order chi connectivity index (χ1) is 11.0. The normalized spacial score (nSPS) is 10.7. The molecule has 2 rings (SSSR count). The van der Waals surface area contributed by atoms with Gasteiger partial charge in [0.1, 0.15) is 17.8 Å². The molecule has 0 saturated heterocycles. The van der Waals surface area contributed by atoms with Gasteiger partial charge in [-0.05, 0) is 69.2 Å². The molecule has 0 amide bonds. The summed E-state index contributed by atoms with van der Waals surface area (Å²) >= 11 is 5.66. The number of hydrazone groups is 1. The van der Waals surface area contributed by atoms with Gasteiger partial charge in [0.15, 0.2) is 0 Å². The third-order valence-electron chi connectivity index (χ3n) is 2.66. The molecule has 120 valence electrons. The molecule has 23 heavy (non-hydrogen) atoms. The molecule has 0 radical (unpaired) electrons. The Bertz CT molecular complexity index is 714. The molecule has 1 aromatic carbocycles. The van der Waals surface area contributed by atoms with E-state index in [4.69, 9.17) is 4.74 Å². The average molecular weight is 491 g/mol. The Morgan fingerprint density at radius 3 is 2.87 bits per heavy atom. The Balaban J connectivity index is 2.07. The molecule has 7 nitrogen and oxygen atoms in total. The zero-order valence-corrected chi connectivity index (χ0v) is 15.7. The van der Waals surface area contributed by atoms with Gasteiger partial charge in [0.2, 0.25) is 0 Å². The van der Waals surface area contributed by atoms with Crippen LogP contribution in [0.2, 0.25) is 0 Å². The summed E-state index contributed by atoms with van der Waals surface area (Å²) in [5, 5.41) is 14.6. The van der Waals surface area contributed by atoms with Gasteiger partial charge in [0, 0.05) is 6.07 Å². The first-order valence-electron chi connectivity index (χ1n) is 6.52. The van der Waals surface area contributed by atoms with Crippen molar-refractivity contribution in [1.29, 1.82) is 0 Å². The molecule has 1 N–H and O–H groups in total. The molecule has 0 atom stereocenters. The Kier molecular flexibility index (Phi) is 6.28. The van der Waals surface area contributed by atoms with Crippen LogP contribution in [0.4, 0.5) is 11.5 Å². The Morgan fingerprint density at radius 2 is 2.30 bits per heavy atom. The molecule has 1 aromatic heterocycles. The summed E-state index contributed by atoms with van der Waals surface area (Å²) in [6, 6.07) is 6.68. The molecule has 0 saturated carbocycles. The molecule has 1 heterocycles. The maximum Gasteiger partial charge on any atom is 0.287 e. The number of nitro groups is 1. The number of anilines is 1. The fourth-order valence-corrected chi connectivity index (χ4v) is 3.44. The van der Waals surface area contributed by atoms with Crippen LogP contribution < -0.4 is 10.2 Å². The summed E-state index contributed by atoms with van der Waals surface area (Å²) in [7, 11) is 0. The molecule has 0 bridgehead atoms. The second-order valence-corrected chi connectivity index (χ2v) is 6.29. The van der Waals surface area contributed by atoms with Crippen molar-refractivity contribution < 1.29 is 9.66 Å². The molecule has 0 aliphatic rings. The maximum absolute atomic E-state index is 10.5. The van der Waals surface area contributed by atoms with Crippen LogP contribution in [-0.4, -0.2) is 22.7 Å². The lowest BCUT2D eigenvalue weighted by molar-refractivity contribution is -0.385. The highest BCUT2D eigenvalue weighted by Gasteiger charge is 2.08. The standard InChI is InChI=1S/C14H12BrIN4O3/c1-2-23-14-11(15)5-9(6-12(14)16)7-18-19-13-4-3-10(8-17-13)20(21)22/h3-8H,2H2,1H3,(H,17,19)/b18-7+. The van der Waals surface area contributed by atoms with Gasteiger partial charge >= 0.3 is 0 Å². The highest BCUT2D eigenvalue weighted by Crippen LogP contribution is 2.31. The van der Waals surface area contributed by atoms with Crippen molar-refractivity contribution in [3.05, 3.63) is 54.2 Å². The maximum atomic E-state index is 10.5. The minimum absolute atomic E-state index is 0.0653. The largest absolute Gasteiger partial charge is 0.492 e. The van der Waals surface area contributed by atoms with Crippen molar-refractivity contribution in [1.82, 2.24) is 4.98 Å². The van der Waals surface area contributed by atoms with Crippen LogP contribution in [0.25, 0.3) is 0 Å². The van der Waals surface area contributed by atoms with Crippen LogP contribution in [0.15, 0.2) is 40.0 Å². The minimum atomic E-state index is -0.501. The van der Waals surface area contributed by atoms with E-state index in [0.717, 1.165) is 19.4 Å². The van der Waals surface area contributed by atoms with Crippen molar-refractivity contribution in [2.75, 3.05) is 12.0 Å². The van der Waals surface area contributed by atoms with Crippen molar-refractivity contribution in [2.45, 2.75) is 6.92 Å². The van der Waals surface area contributed by atoms with Gasteiger partial charge in [-0.25, -0.2) is 4.98 Å². The van der Waals surface area contributed by atoms with Gasteiger partial charge in [-0.1, -0.05) is 0 Å². The SMILES string of the molecule is CCOc1c(Br)cc(/C=N/Nc2ccc([N+](=O)[O-])cn2)cc1I. The predicted octanol–water partition coefficient (Wildman–Crippen LogP) is 4.20. The van der Waals surface area contributed by atoms with Gasteiger partial charge in [-0.2, -0.15) is 5.10 Å². The van der Waals surface area contributed by atoms with Crippen LogP contribution in [0.5, 0.6) is 5.75 Å². The van der Waals surface area contributed by atoms with Gasteiger partial charge in [-0.3, -0.25) is 15.5 Å². The highest BCUT2D eigenvalue weighted by atomic mass is 127. The second-order valence-electron chi connectivity index (χ2n) is 4.28. The van der Waals surface area contributed by atoms with Gasteiger partial charge in [0.05, 0.1) is 25.8 Å². The Morgan fingerprint density at radius 1 is 1.52 bits per heavy atom. The number of hydrogen-bond donors (Lipinski definition) is 1. The highest BCUT2D eigenvalue weighted by molar-refractivity contribution is 14.1. The lowest BCUT2D eigenvalue weighted by Gasteiger charge is -2.09. The summed E-state index contributed by atoms with van der Waals surface area (Å²) in [5.41, 5.74) is 3.53. The van der Waals surface area contributed by atoms with E-state index < -0.39 is 4.92 Å². The molecule has 0 aliphatic carbocycles. The van der Waals surface area contributed by atoms with Crippen LogP contribution in [-0.2, 0) is 0 Å². The fraction of sp³-hybridized carbons (Fsp3) is 0.143. The minimum Gasteiger partial charge on any atom is -0.492 e. The molecule has 0 fully saturated rings. The van der Waals surface area contributed by atoms with Crippen LogP contribution in [0, 0.1) is 13.7 Å². The fourth-order valence-electron chi connectivity index (χ4n) is 1.67. The van der Waals surface area contributed by atoms with E-state index in [1.165, 1.54) is 18.3 Å². The Hall–Kier alpha value is -1.75. The van der Waals surface area contributed by atoms with Crippen LogP contribution in [0.1, 0.15) is 12.5 Å². The third-order valence-corrected chi connectivity index (χ3v) is 4.05. The molecule has 0 spiro atoms. The molecular weight excluding hydrogens is 479 g/mol. The molecule has 0 aliphatic heterocycles. The topological polar surface area (TPSA) is 89.6 Å². The summed E-state index contributed by atoms with van der Waals surface area (Å²) < 4.78 is 7.36. The van der Waals surface area contributed by atoms with Gasteiger partial charge in [0.25, 0.3) is 5.69 Å². The average Bonchev–Trinajstić information content (AvgIpc) is 2.51. The van der Waals surface area contributed by atoms with Gasteiger partial charge < -0.3 is 4.74 Å². The zero-order valence-electron chi connectivity index (χ0n) is 12.0. The number of aromatic nitrogens is 1. The number of halogens is 2. The third kappa shape index (κ3) is 4.86. The number of benzene rings is 1. The molecule has 0 unspecified atom stereocenters.